The number of esters is 1. The zero-order valence-corrected chi connectivity index (χ0v) is 10.8. The SMILES string of the molecule is COC(=O)[C@@]12O[C@@](C)([C@H]3CCC[C@H]31)C1(CC1)C2=O. The predicted octanol–water partition coefficient (Wildman–Crippen LogP) is 1.47. The Labute approximate surface area is 106 Å². The summed E-state index contributed by atoms with van der Waals surface area (Å²) in [5.41, 5.74) is -2.05. The van der Waals surface area contributed by atoms with Crippen molar-refractivity contribution in [1.82, 2.24) is 0 Å². The van der Waals surface area contributed by atoms with Crippen LogP contribution in [0.15, 0.2) is 0 Å². The number of ether oxygens (including phenoxy) is 2. The van der Waals surface area contributed by atoms with E-state index in [0.717, 1.165) is 32.1 Å². The van der Waals surface area contributed by atoms with Gasteiger partial charge in [0.15, 0.2) is 5.78 Å². The van der Waals surface area contributed by atoms with Crippen LogP contribution in [0.25, 0.3) is 0 Å². The summed E-state index contributed by atoms with van der Waals surface area (Å²) in [7, 11) is 1.35. The van der Waals surface area contributed by atoms with Crippen molar-refractivity contribution in [1.29, 1.82) is 0 Å². The van der Waals surface area contributed by atoms with Gasteiger partial charge in [-0.25, -0.2) is 4.79 Å². The molecule has 0 unspecified atom stereocenters. The lowest BCUT2D eigenvalue weighted by atomic mass is 9.61. The Morgan fingerprint density at radius 1 is 1.33 bits per heavy atom. The number of Topliss-reactive ketones (excluding diaryl/α,β-unsaturated/α-hetero) is 1. The van der Waals surface area contributed by atoms with Crippen LogP contribution < -0.4 is 0 Å². The Balaban J connectivity index is 1.91. The van der Waals surface area contributed by atoms with Gasteiger partial charge in [-0.2, -0.15) is 0 Å². The van der Waals surface area contributed by atoms with Crippen molar-refractivity contribution < 1.29 is 19.1 Å². The van der Waals surface area contributed by atoms with Crippen molar-refractivity contribution in [2.75, 3.05) is 7.11 Å². The van der Waals surface area contributed by atoms with Gasteiger partial charge >= 0.3 is 5.97 Å². The van der Waals surface area contributed by atoms with E-state index in [0.29, 0.717) is 5.92 Å². The fourth-order valence-corrected chi connectivity index (χ4v) is 5.13. The number of carbonyl (C=O) groups excluding carboxylic acids is 2. The van der Waals surface area contributed by atoms with Crippen LogP contribution in [-0.4, -0.2) is 30.1 Å². The van der Waals surface area contributed by atoms with Gasteiger partial charge in [-0.1, -0.05) is 6.42 Å². The summed E-state index contributed by atoms with van der Waals surface area (Å²) >= 11 is 0. The van der Waals surface area contributed by atoms with Gasteiger partial charge in [0, 0.05) is 5.92 Å². The average molecular weight is 250 g/mol. The van der Waals surface area contributed by atoms with Crippen molar-refractivity contribution >= 4 is 11.8 Å². The maximum Gasteiger partial charge on any atom is 0.346 e. The van der Waals surface area contributed by atoms with Crippen molar-refractivity contribution in [3.8, 4) is 0 Å². The maximum atomic E-state index is 12.8. The molecule has 0 aromatic carbocycles. The number of ketones is 1. The van der Waals surface area contributed by atoms with Crippen molar-refractivity contribution in [2.24, 2.45) is 17.3 Å². The summed E-state index contributed by atoms with van der Waals surface area (Å²) in [6, 6.07) is 0. The molecular weight excluding hydrogens is 232 g/mol. The first-order valence-corrected chi connectivity index (χ1v) is 6.86. The third kappa shape index (κ3) is 0.804. The molecule has 0 N–H and O–H groups in total. The molecule has 4 rings (SSSR count). The van der Waals surface area contributed by atoms with E-state index in [1.165, 1.54) is 7.11 Å². The van der Waals surface area contributed by atoms with Gasteiger partial charge in [-0.3, -0.25) is 4.79 Å². The van der Waals surface area contributed by atoms with Crippen molar-refractivity contribution in [3.63, 3.8) is 0 Å². The second-order valence-corrected chi connectivity index (χ2v) is 6.49. The fourth-order valence-electron chi connectivity index (χ4n) is 5.13. The summed E-state index contributed by atoms with van der Waals surface area (Å²) in [6.07, 6.45) is 4.84. The van der Waals surface area contributed by atoms with E-state index in [2.05, 4.69) is 6.92 Å². The van der Waals surface area contributed by atoms with E-state index in [1.54, 1.807) is 0 Å². The molecule has 0 amide bonds. The molecule has 2 aliphatic heterocycles. The van der Waals surface area contributed by atoms with Crippen molar-refractivity contribution in [2.45, 2.75) is 50.2 Å². The third-order valence-electron chi connectivity index (χ3n) is 6.08. The molecule has 2 saturated heterocycles. The molecule has 18 heavy (non-hydrogen) atoms. The summed E-state index contributed by atoms with van der Waals surface area (Å²) in [5.74, 6) is -0.0325. The normalized spacial score (nSPS) is 50.7. The van der Waals surface area contributed by atoms with Gasteiger partial charge in [0.05, 0.1) is 18.1 Å². The molecule has 1 spiro atoms. The van der Waals surface area contributed by atoms with E-state index in [-0.39, 0.29) is 17.1 Å². The Morgan fingerprint density at radius 3 is 2.61 bits per heavy atom. The molecule has 4 fully saturated rings. The third-order valence-corrected chi connectivity index (χ3v) is 6.08. The minimum absolute atomic E-state index is 0.0208. The molecule has 98 valence electrons. The second-order valence-electron chi connectivity index (χ2n) is 6.49. The highest BCUT2D eigenvalue weighted by molar-refractivity contribution is 6.14. The molecule has 4 nitrogen and oxygen atoms in total. The quantitative estimate of drug-likeness (QED) is 0.522. The van der Waals surface area contributed by atoms with E-state index in [9.17, 15) is 9.59 Å². The number of rotatable bonds is 1. The van der Waals surface area contributed by atoms with Gasteiger partial charge < -0.3 is 9.47 Å². The largest absolute Gasteiger partial charge is 0.467 e. The monoisotopic (exact) mass is 250 g/mol. The number of hydrogen-bond donors (Lipinski definition) is 0. The highest BCUT2D eigenvalue weighted by Crippen LogP contribution is 2.75. The van der Waals surface area contributed by atoms with E-state index >= 15 is 0 Å². The van der Waals surface area contributed by atoms with E-state index in [4.69, 9.17) is 9.47 Å². The van der Waals surface area contributed by atoms with Crippen LogP contribution in [0, 0.1) is 17.3 Å². The number of carbonyl (C=O) groups is 2. The Morgan fingerprint density at radius 2 is 2.00 bits per heavy atom. The summed E-state index contributed by atoms with van der Waals surface area (Å²) in [6.45, 7) is 2.05. The first kappa shape index (κ1) is 11.0. The number of hydrogen-bond acceptors (Lipinski definition) is 4. The molecule has 0 aromatic rings. The minimum atomic E-state index is -1.26. The zero-order chi connectivity index (χ0) is 12.8. The van der Waals surface area contributed by atoms with Crippen LogP contribution in [0.1, 0.15) is 39.0 Å². The molecule has 2 heterocycles. The molecule has 2 aliphatic carbocycles. The standard InChI is InChI=1S/C14H18O4/c1-12-8-4-3-5-9(8)14(18-12,11(16)17-2)10(15)13(12)6-7-13/h8-9H,3-7H2,1-2H3/t8-,9+,12-,14+/m0/s1. The zero-order valence-electron chi connectivity index (χ0n) is 10.8. The van der Waals surface area contributed by atoms with Gasteiger partial charge in [-0.15, -0.1) is 0 Å². The molecule has 0 aromatic heterocycles. The summed E-state index contributed by atoms with van der Waals surface area (Å²) in [5, 5.41) is 0. The van der Waals surface area contributed by atoms with Crippen LogP contribution in [-0.2, 0) is 19.1 Å². The average Bonchev–Trinajstić information content (AvgIpc) is 2.87. The van der Waals surface area contributed by atoms with E-state index in [1.807, 2.05) is 0 Å². The van der Waals surface area contributed by atoms with Crippen LogP contribution in [0.2, 0.25) is 0 Å². The lowest BCUT2D eigenvalue weighted by Gasteiger charge is -2.37. The molecule has 4 heteroatoms. The van der Waals surface area contributed by atoms with Gasteiger partial charge in [0.2, 0.25) is 5.60 Å². The van der Waals surface area contributed by atoms with Gasteiger partial charge in [-0.05, 0) is 38.5 Å². The topological polar surface area (TPSA) is 52.6 Å². The highest BCUT2D eigenvalue weighted by atomic mass is 16.6. The molecule has 4 aliphatic rings. The lowest BCUT2D eigenvalue weighted by Crippen LogP contribution is -2.55. The van der Waals surface area contributed by atoms with Crippen LogP contribution in [0.5, 0.6) is 0 Å². The fraction of sp³-hybridized carbons (Fsp3) is 0.857. The minimum Gasteiger partial charge on any atom is -0.467 e. The maximum absolute atomic E-state index is 12.8. The van der Waals surface area contributed by atoms with Crippen LogP contribution >= 0.6 is 0 Å². The Bertz CT molecular complexity index is 466. The molecule has 2 bridgehead atoms. The molecule has 4 atom stereocenters. The van der Waals surface area contributed by atoms with Crippen LogP contribution in [0.4, 0.5) is 0 Å². The highest BCUT2D eigenvalue weighted by Gasteiger charge is 2.86. The Kier molecular flexibility index (Phi) is 1.72. The smallest absolute Gasteiger partial charge is 0.346 e. The van der Waals surface area contributed by atoms with Crippen LogP contribution in [0.3, 0.4) is 0 Å². The molecular formula is C14H18O4. The molecule has 2 saturated carbocycles. The Hall–Kier alpha value is -0.900. The first-order chi connectivity index (χ1) is 8.53. The van der Waals surface area contributed by atoms with Gasteiger partial charge in [0.25, 0.3) is 0 Å². The molecule has 0 radical (unpaired) electrons. The predicted molar refractivity (Wildman–Crippen MR) is 61.7 cm³/mol. The number of fused-ring (bicyclic) bond motifs is 6. The van der Waals surface area contributed by atoms with E-state index < -0.39 is 17.2 Å². The summed E-state index contributed by atoms with van der Waals surface area (Å²) in [4.78, 5) is 25.0. The number of methoxy groups -OCH3 is 1. The van der Waals surface area contributed by atoms with Gasteiger partial charge in [0.1, 0.15) is 0 Å². The first-order valence-electron chi connectivity index (χ1n) is 6.86. The van der Waals surface area contributed by atoms with Crippen molar-refractivity contribution in [3.05, 3.63) is 0 Å². The second kappa shape index (κ2) is 2.82. The lowest BCUT2D eigenvalue weighted by molar-refractivity contribution is -0.172. The summed E-state index contributed by atoms with van der Waals surface area (Å²) < 4.78 is 11.0.